The number of hydrogen-bond acceptors (Lipinski definition) is 4. The number of anilines is 1. The molecular weight excluding hydrogens is 450 g/mol. The van der Waals surface area contributed by atoms with Crippen molar-refractivity contribution < 1.29 is 31.1 Å². The van der Waals surface area contributed by atoms with Crippen LogP contribution in [0.25, 0.3) is 0 Å². The summed E-state index contributed by atoms with van der Waals surface area (Å²) in [6.07, 6.45) is -8.53. The maximum absolute atomic E-state index is 13.0. The standard InChI is InChI=1S/C19H19ClF6N4O/c1-12-16(20)17(19(24,25)26)27-30(12)10-15(11-31)29-7-5-28(6-8-29)14-4-2-3-13(9-14)18(21,22)23/h2-4,9,11,15H,5-8,10H2,1H3. The summed E-state index contributed by atoms with van der Waals surface area (Å²) in [7, 11) is 0. The van der Waals surface area contributed by atoms with Gasteiger partial charge in [0, 0.05) is 31.9 Å². The quantitative estimate of drug-likeness (QED) is 0.485. The molecule has 31 heavy (non-hydrogen) atoms. The Kier molecular flexibility index (Phi) is 6.56. The van der Waals surface area contributed by atoms with Crippen LogP contribution in [0, 0.1) is 6.92 Å². The van der Waals surface area contributed by atoms with Crippen molar-refractivity contribution in [3.05, 3.63) is 46.2 Å². The number of aromatic nitrogens is 2. The molecule has 2 heterocycles. The zero-order valence-corrected chi connectivity index (χ0v) is 17.1. The van der Waals surface area contributed by atoms with Gasteiger partial charge in [-0.2, -0.15) is 31.4 Å². The van der Waals surface area contributed by atoms with Crippen LogP contribution in [-0.4, -0.2) is 53.2 Å². The van der Waals surface area contributed by atoms with E-state index in [1.54, 1.807) is 15.9 Å². The first-order valence-corrected chi connectivity index (χ1v) is 9.71. The van der Waals surface area contributed by atoms with Gasteiger partial charge in [0.1, 0.15) is 6.29 Å². The number of alkyl halides is 6. The maximum Gasteiger partial charge on any atom is 0.436 e. The van der Waals surface area contributed by atoms with Crippen LogP contribution in [0.3, 0.4) is 0 Å². The molecular formula is C19H19ClF6N4O. The van der Waals surface area contributed by atoms with E-state index < -0.39 is 34.7 Å². The molecule has 0 radical (unpaired) electrons. The number of rotatable bonds is 5. The van der Waals surface area contributed by atoms with Gasteiger partial charge >= 0.3 is 12.4 Å². The lowest BCUT2D eigenvalue weighted by Gasteiger charge is -2.38. The Morgan fingerprint density at radius 1 is 1.10 bits per heavy atom. The van der Waals surface area contributed by atoms with Gasteiger partial charge in [-0.15, -0.1) is 0 Å². The zero-order chi connectivity index (χ0) is 23.0. The van der Waals surface area contributed by atoms with Crippen molar-refractivity contribution in [2.45, 2.75) is 31.9 Å². The zero-order valence-electron chi connectivity index (χ0n) is 16.3. The minimum Gasteiger partial charge on any atom is -0.369 e. The van der Waals surface area contributed by atoms with Gasteiger partial charge in [-0.05, 0) is 25.1 Å². The van der Waals surface area contributed by atoms with Crippen LogP contribution in [0.15, 0.2) is 24.3 Å². The Bertz CT molecular complexity index is 934. The Labute approximate surface area is 179 Å². The van der Waals surface area contributed by atoms with Crippen LogP contribution in [0.4, 0.5) is 32.0 Å². The lowest BCUT2D eigenvalue weighted by molar-refractivity contribution is -0.141. The topological polar surface area (TPSA) is 41.4 Å². The van der Waals surface area contributed by atoms with Crippen LogP contribution in [0.5, 0.6) is 0 Å². The summed E-state index contributed by atoms with van der Waals surface area (Å²) in [6.45, 7) is 2.68. The number of hydrogen-bond donors (Lipinski definition) is 0. The summed E-state index contributed by atoms with van der Waals surface area (Å²) >= 11 is 5.75. The molecule has 0 aliphatic carbocycles. The predicted octanol–water partition coefficient (Wildman–Crippen LogP) is 4.27. The Morgan fingerprint density at radius 2 is 1.74 bits per heavy atom. The average molecular weight is 469 g/mol. The van der Waals surface area contributed by atoms with E-state index in [1.165, 1.54) is 13.0 Å². The van der Waals surface area contributed by atoms with E-state index >= 15 is 0 Å². The molecule has 1 aliphatic heterocycles. The normalized spacial score (nSPS) is 17.1. The van der Waals surface area contributed by atoms with Crippen LogP contribution in [-0.2, 0) is 23.7 Å². The van der Waals surface area contributed by atoms with Gasteiger partial charge in [-0.25, -0.2) is 0 Å². The maximum atomic E-state index is 13.0. The van der Waals surface area contributed by atoms with E-state index in [2.05, 4.69) is 5.10 Å². The molecule has 1 aromatic carbocycles. The summed E-state index contributed by atoms with van der Waals surface area (Å²) in [5.41, 5.74) is -1.43. The molecule has 1 unspecified atom stereocenters. The Hall–Kier alpha value is -2.27. The molecule has 2 aromatic rings. The highest BCUT2D eigenvalue weighted by atomic mass is 35.5. The van der Waals surface area contributed by atoms with Crippen molar-refractivity contribution in [2.75, 3.05) is 31.1 Å². The van der Waals surface area contributed by atoms with E-state index in [-0.39, 0.29) is 12.2 Å². The van der Waals surface area contributed by atoms with Gasteiger partial charge in [-0.1, -0.05) is 17.7 Å². The SMILES string of the molecule is Cc1c(Cl)c(C(F)(F)F)nn1CC(C=O)N1CCN(c2cccc(C(F)(F)F)c2)CC1. The fourth-order valence-corrected chi connectivity index (χ4v) is 3.74. The summed E-state index contributed by atoms with van der Waals surface area (Å²) in [6, 6.07) is 4.23. The fraction of sp³-hybridized carbons (Fsp3) is 0.474. The van der Waals surface area contributed by atoms with Crippen LogP contribution < -0.4 is 4.90 Å². The average Bonchev–Trinajstić information content (AvgIpc) is 3.00. The fourth-order valence-electron chi connectivity index (χ4n) is 3.50. The molecule has 1 aliphatic rings. The molecule has 1 aromatic heterocycles. The van der Waals surface area contributed by atoms with Crippen LogP contribution in [0.1, 0.15) is 17.0 Å². The molecule has 0 N–H and O–H groups in total. The van der Waals surface area contributed by atoms with E-state index in [0.29, 0.717) is 38.2 Å². The van der Waals surface area contributed by atoms with E-state index in [0.717, 1.165) is 16.8 Å². The summed E-state index contributed by atoms with van der Waals surface area (Å²) in [5.74, 6) is 0. The number of carbonyl (C=O) groups is 1. The molecule has 5 nitrogen and oxygen atoms in total. The van der Waals surface area contributed by atoms with Crippen molar-refractivity contribution in [3.63, 3.8) is 0 Å². The number of nitrogens with zero attached hydrogens (tertiary/aromatic N) is 4. The van der Waals surface area contributed by atoms with Crippen molar-refractivity contribution in [1.29, 1.82) is 0 Å². The molecule has 0 spiro atoms. The summed E-state index contributed by atoms with van der Waals surface area (Å²) in [5, 5.41) is 3.01. The molecule has 0 saturated carbocycles. The van der Waals surface area contributed by atoms with Crippen molar-refractivity contribution in [2.24, 2.45) is 0 Å². The summed E-state index contributed by atoms with van der Waals surface area (Å²) < 4.78 is 78.9. The van der Waals surface area contributed by atoms with Crippen molar-refractivity contribution in [3.8, 4) is 0 Å². The first-order valence-electron chi connectivity index (χ1n) is 9.33. The van der Waals surface area contributed by atoms with Gasteiger partial charge < -0.3 is 9.69 Å². The number of aldehydes is 1. The Morgan fingerprint density at radius 3 is 2.26 bits per heavy atom. The third-order valence-corrected chi connectivity index (χ3v) is 5.69. The molecule has 1 saturated heterocycles. The number of benzene rings is 1. The van der Waals surface area contributed by atoms with Crippen molar-refractivity contribution >= 4 is 23.6 Å². The van der Waals surface area contributed by atoms with Gasteiger partial charge in [-0.3, -0.25) is 9.58 Å². The Balaban J connectivity index is 1.68. The first-order chi connectivity index (χ1) is 14.4. The van der Waals surface area contributed by atoms with E-state index in [9.17, 15) is 31.1 Å². The van der Waals surface area contributed by atoms with E-state index in [4.69, 9.17) is 11.6 Å². The highest BCUT2D eigenvalue weighted by Gasteiger charge is 2.38. The lowest BCUT2D eigenvalue weighted by atomic mass is 10.1. The second-order valence-electron chi connectivity index (χ2n) is 7.20. The molecule has 1 atom stereocenters. The molecule has 12 heteroatoms. The van der Waals surface area contributed by atoms with Crippen LogP contribution in [0.2, 0.25) is 5.02 Å². The van der Waals surface area contributed by atoms with Gasteiger partial charge in [0.25, 0.3) is 0 Å². The minimum absolute atomic E-state index is 0.100. The molecule has 0 amide bonds. The third kappa shape index (κ3) is 5.15. The first kappa shape index (κ1) is 23.4. The van der Waals surface area contributed by atoms with Gasteiger partial charge in [0.15, 0.2) is 5.69 Å². The molecule has 170 valence electrons. The number of halogens is 7. The third-order valence-electron chi connectivity index (χ3n) is 5.24. The van der Waals surface area contributed by atoms with Crippen molar-refractivity contribution in [1.82, 2.24) is 14.7 Å². The molecule has 3 rings (SSSR count). The van der Waals surface area contributed by atoms with Gasteiger partial charge in [0.05, 0.1) is 28.9 Å². The molecule has 1 fully saturated rings. The minimum atomic E-state index is -4.71. The predicted molar refractivity (Wildman–Crippen MR) is 102 cm³/mol. The van der Waals surface area contributed by atoms with Gasteiger partial charge in [0.2, 0.25) is 0 Å². The molecule has 0 bridgehead atoms. The second kappa shape index (κ2) is 8.70. The van der Waals surface area contributed by atoms with E-state index in [1.807, 2.05) is 0 Å². The summed E-state index contributed by atoms with van der Waals surface area (Å²) in [4.78, 5) is 15.2. The lowest BCUT2D eigenvalue weighted by Crippen LogP contribution is -2.52. The smallest absolute Gasteiger partial charge is 0.369 e. The monoisotopic (exact) mass is 468 g/mol. The highest BCUT2D eigenvalue weighted by molar-refractivity contribution is 6.31. The van der Waals surface area contributed by atoms with Crippen LogP contribution >= 0.6 is 11.6 Å². The number of piperazine rings is 1. The number of carbonyl (C=O) groups excluding carboxylic acids is 1. The second-order valence-corrected chi connectivity index (χ2v) is 7.58. The largest absolute Gasteiger partial charge is 0.436 e. The highest BCUT2D eigenvalue weighted by Crippen LogP contribution is 2.35.